The summed E-state index contributed by atoms with van der Waals surface area (Å²) in [6, 6.07) is 6.88. The Hall–Kier alpha value is -0.740. The van der Waals surface area contributed by atoms with Gasteiger partial charge < -0.3 is 4.74 Å². The first-order chi connectivity index (χ1) is 8.37. The number of anilines is 1. The van der Waals surface area contributed by atoms with Crippen molar-refractivity contribution in [1.82, 2.24) is 0 Å². The third-order valence-corrected chi connectivity index (χ3v) is 4.27. The number of hydrogen-bond donors (Lipinski definition) is 1. The fraction of sp³-hybridized carbons (Fsp3) is 0.462. The summed E-state index contributed by atoms with van der Waals surface area (Å²) < 4.78 is 5.45. The Morgan fingerprint density at radius 1 is 1.44 bits per heavy atom. The van der Waals surface area contributed by atoms with Crippen molar-refractivity contribution < 1.29 is 9.53 Å². The zero-order valence-electron chi connectivity index (χ0n) is 10.7. The summed E-state index contributed by atoms with van der Waals surface area (Å²) in [6.45, 7) is 5.92. The highest BCUT2D eigenvalue weighted by atomic mass is 79.9. The van der Waals surface area contributed by atoms with E-state index in [2.05, 4.69) is 21.2 Å². The molecular weight excluding hydrogens is 318 g/mol. The van der Waals surface area contributed by atoms with Gasteiger partial charge in [-0.3, -0.25) is 5.32 Å². The van der Waals surface area contributed by atoms with E-state index < -0.39 is 11.7 Å². The lowest BCUT2D eigenvalue weighted by atomic mass is 9.95. The highest BCUT2D eigenvalue weighted by Gasteiger charge is 2.31. The average molecular weight is 335 g/mol. The number of nitrogens with one attached hydrogen (secondary N) is 1. The lowest BCUT2D eigenvalue weighted by Gasteiger charge is -2.31. The molecule has 0 bridgehead atoms. The second-order valence-corrected chi connectivity index (χ2v) is 5.62. The van der Waals surface area contributed by atoms with Crippen molar-refractivity contribution in [2.45, 2.75) is 26.4 Å². The summed E-state index contributed by atoms with van der Waals surface area (Å²) in [4.78, 5) is 11.8. The molecule has 1 unspecified atom stereocenters. The van der Waals surface area contributed by atoms with E-state index in [1.165, 1.54) is 0 Å². The van der Waals surface area contributed by atoms with E-state index in [4.69, 9.17) is 16.3 Å². The number of alkyl halides is 1. The molecule has 0 aromatic heterocycles. The van der Waals surface area contributed by atoms with Crippen LogP contribution in [0.3, 0.4) is 0 Å². The summed E-state index contributed by atoms with van der Waals surface area (Å²) in [7, 11) is 0. The van der Waals surface area contributed by atoms with Gasteiger partial charge in [0.05, 0.1) is 0 Å². The molecule has 0 fully saturated rings. The molecule has 0 aliphatic rings. The van der Waals surface area contributed by atoms with Crippen LogP contribution in [0.2, 0.25) is 5.02 Å². The smallest absolute Gasteiger partial charge is 0.412 e. The minimum absolute atomic E-state index is 0.216. The number of rotatable bonds is 4. The van der Waals surface area contributed by atoms with E-state index in [-0.39, 0.29) is 5.92 Å². The van der Waals surface area contributed by atoms with Gasteiger partial charge in [0.25, 0.3) is 0 Å². The Labute approximate surface area is 121 Å². The normalized spacial score (nSPS) is 14.1. The Balaban J connectivity index is 2.64. The third-order valence-electron chi connectivity index (χ3n) is 2.90. The molecule has 0 saturated heterocycles. The molecule has 1 aromatic carbocycles. The van der Waals surface area contributed by atoms with Crippen LogP contribution in [-0.2, 0) is 4.74 Å². The number of benzene rings is 1. The van der Waals surface area contributed by atoms with Gasteiger partial charge in [0.1, 0.15) is 5.60 Å². The van der Waals surface area contributed by atoms with Gasteiger partial charge in [-0.25, -0.2) is 4.79 Å². The van der Waals surface area contributed by atoms with Crippen molar-refractivity contribution in [2.75, 3.05) is 10.6 Å². The molecular formula is C13H17BrClNO2. The highest BCUT2D eigenvalue weighted by molar-refractivity contribution is 9.09. The van der Waals surface area contributed by atoms with Crippen LogP contribution >= 0.6 is 27.5 Å². The summed E-state index contributed by atoms with van der Waals surface area (Å²) in [5, 5.41) is 3.89. The van der Waals surface area contributed by atoms with Gasteiger partial charge >= 0.3 is 6.09 Å². The van der Waals surface area contributed by atoms with Crippen LogP contribution in [0.15, 0.2) is 24.3 Å². The van der Waals surface area contributed by atoms with Crippen LogP contribution in [-0.4, -0.2) is 17.0 Å². The first-order valence-corrected chi connectivity index (χ1v) is 7.19. The van der Waals surface area contributed by atoms with E-state index in [9.17, 15) is 4.79 Å². The molecule has 3 nitrogen and oxygen atoms in total. The maximum Gasteiger partial charge on any atom is 0.412 e. The number of ether oxygens (including phenoxy) is 1. The predicted octanol–water partition coefficient (Wildman–Crippen LogP) is 4.70. The van der Waals surface area contributed by atoms with Crippen molar-refractivity contribution in [3.8, 4) is 0 Å². The summed E-state index contributed by atoms with van der Waals surface area (Å²) >= 11 is 9.14. The molecule has 1 atom stereocenters. The van der Waals surface area contributed by atoms with Crippen molar-refractivity contribution >= 4 is 39.3 Å². The quantitative estimate of drug-likeness (QED) is 0.811. The Morgan fingerprint density at radius 3 is 2.44 bits per heavy atom. The molecule has 0 spiro atoms. The van der Waals surface area contributed by atoms with E-state index in [1.807, 2.05) is 20.8 Å². The molecule has 0 saturated carbocycles. The minimum Gasteiger partial charge on any atom is -0.442 e. The molecule has 0 aliphatic heterocycles. The molecule has 0 heterocycles. The zero-order valence-corrected chi connectivity index (χ0v) is 13.0. The van der Waals surface area contributed by atoms with Gasteiger partial charge in [0.2, 0.25) is 0 Å². The fourth-order valence-electron chi connectivity index (χ4n) is 1.19. The van der Waals surface area contributed by atoms with Crippen LogP contribution in [0, 0.1) is 5.92 Å². The molecule has 0 radical (unpaired) electrons. The summed E-state index contributed by atoms with van der Waals surface area (Å²) in [5.41, 5.74) is 0.126. The minimum atomic E-state index is -0.531. The lowest BCUT2D eigenvalue weighted by Crippen LogP contribution is -2.40. The van der Waals surface area contributed by atoms with Gasteiger partial charge in [-0.1, -0.05) is 41.4 Å². The molecule has 100 valence electrons. The third kappa shape index (κ3) is 4.18. The maximum absolute atomic E-state index is 11.8. The topological polar surface area (TPSA) is 38.3 Å². The Kier molecular flexibility index (Phi) is 5.47. The first kappa shape index (κ1) is 15.3. The van der Waals surface area contributed by atoms with Gasteiger partial charge in [-0.15, -0.1) is 0 Å². The monoisotopic (exact) mass is 333 g/mol. The molecule has 18 heavy (non-hydrogen) atoms. The van der Waals surface area contributed by atoms with Crippen molar-refractivity contribution in [2.24, 2.45) is 5.92 Å². The maximum atomic E-state index is 11.8. The number of amides is 1. The van der Waals surface area contributed by atoms with Crippen LogP contribution in [0.5, 0.6) is 0 Å². The van der Waals surface area contributed by atoms with Crippen molar-refractivity contribution in [3.05, 3.63) is 29.3 Å². The summed E-state index contributed by atoms with van der Waals surface area (Å²) in [5.74, 6) is 0.216. The van der Waals surface area contributed by atoms with Gasteiger partial charge in [0, 0.05) is 16.0 Å². The zero-order chi connectivity index (χ0) is 13.8. The second kappa shape index (κ2) is 6.43. The van der Waals surface area contributed by atoms with Gasteiger partial charge in [-0.05, 0) is 37.1 Å². The van der Waals surface area contributed by atoms with Crippen LogP contribution in [0.25, 0.3) is 0 Å². The number of hydrogen-bond acceptors (Lipinski definition) is 2. The van der Waals surface area contributed by atoms with E-state index in [0.29, 0.717) is 16.0 Å². The predicted molar refractivity (Wildman–Crippen MR) is 78.6 cm³/mol. The molecule has 0 aliphatic carbocycles. The van der Waals surface area contributed by atoms with E-state index in [1.54, 1.807) is 24.3 Å². The highest BCUT2D eigenvalue weighted by Crippen LogP contribution is 2.24. The second-order valence-electron chi connectivity index (χ2n) is 4.62. The first-order valence-electron chi connectivity index (χ1n) is 5.69. The fourth-order valence-corrected chi connectivity index (χ4v) is 2.08. The van der Waals surface area contributed by atoms with Crippen LogP contribution < -0.4 is 5.32 Å². The van der Waals surface area contributed by atoms with Crippen LogP contribution in [0.4, 0.5) is 10.5 Å². The van der Waals surface area contributed by atoms with Crippen molar-refractivity contribution in [3.63, 3.8) is 0 Å². The molecule has 1 rings (SSSR count). The van der Waals surface area contributed by atoms with E-state index >= 15 is 0 Å². The summed E-state index contributed by atoms with van der Waals surface area (Å²) in [6.07, 6.45) is -0.465. The molecule has 1 aromatic rings. The average Bonchev–Trinajstić information content (AvgIpc) is 2.31. The van der Waals surface area contributed by atoms with E-state index in [0.717, 1.165) is 0 Å². The lowest BCUT2D eigenvalue weighted by molar-refractivity contribution is 0.0183. The molecule has 1 N–H and O–H groups in total. The standard InChI is InChI=1S/C13H17BrClNO2/c1-9(2)13(3,8-14)18-12(17)16-11-6-4-10(15)5-7-11/h4-7,9H,8H2,1-3H3,(H,16,17). The largest absolute Gasteiger partial charge is 0.442 e. The SMILES string of the molecule is CC(C)C(C)(CBr)OC(=O)Nc1ccc(Cl)cc1. The number of carbonyl (C=O) groups is 1. The van der Waals surface area contributed by atoms with Crippen LogP contribution in [0.1, 0.15) is 20.8 Å². The van der Waals surface area contributed by atoms with Gasteiger partial charge in [0.15, 0.2) is 0 Å². The molecule has 1 amide bonds. The van der Waals surface area contributed by atoms with Crippen molar-refractivity contribution in [1.29, 1.82) is 0 Å². The Bertz CT molecular complexity index is 408. The molecule has 5 heteroatoms. The number of halogens is 2. The van der Waals surface area contributed by atoms with Gasteiger partial charge in [-0.2, -0.15) is 0 Å². The Morgan fingerprint density at radius 2 is 2.00 bits per heavy atom. The number of carbonyl (C=O) groups excluding carboxylic acids is 1.